The molecule has 24 heavy (non-hydrogen) atoms. The van der Waals surface area contributed by atoms with Crippen LogP contribution in [0, 0.1) is 0 Å². The van der Waals surface area contributed by atoms with E-state index in [0.717, 1.165) is 19.3 Å². The zero-order chi connectivity index (χ0) is 17.4. The lowest BCUT2D eigenvalue weighted by Crippen LogP contribution is -2.25. The average Bonchev–Trinajstić information content (AvgIpc) is 2.59. The molecule has 0 aliphatic carbocycles. The van der Waals surface area contributed by atoms with Gasteiger partial charge in [-0.25, -0.2) is 9.97 Å². The van der Waals surface area contributed by atoms with E-state index in [0.29, 0.717) is 34.6 Å². The summed E-state index contributed by atoms with van der Waals surface area (Å²) in [4.78, 5) is 20.5. The van der Waals surface area contributed by atoms with Crippen LogP contribution in [0.15, 0.2) is 30.5 Å². The van der Waals surface area contributed by atoms with Crippen molar-refractivity contribution >= 4 is 29.1 Å². The van der Waals surface area contributed by atoms with Crippen molar-refractivity contribution in [2.45, 2.75) is 26.2 Å². The van der Waals surface area contributed by atoms with E-state index >= 15 is 0 Å². The number of aromatic nitrogens is 2. The fraction of sp³-hybridized carbons (Fsp3) is 0.353. The molecule has 1 amide bonds. The van der Waals surface area contributed by atoms with Crippen molar-refractivity contribution in [3.63, 3.8) is 0 Å². The maximum absolute atomic E-state index is 12.1. The fourth-order valence-electron chi connectivity index (χ4n) is 2.11. The zero-order valence-electron chi connectivity index (χ0n) is 13.8. The van der Waals surface area contributed by atoms with Gasteiger partial charge in [-0.3, -0.25) is 4.79 Å². The van der Waals surface area contributed by atoms with Gasteiger partial charge in [0.25, 0.3) is 5.91 Å². The van der Waals surface area contributed by atoms with Gasteiger partial charge in [0, 0.05) is 17.8 Å². The summed E-state index contributed by atoms with van der Waals surface area (Å²) in [5, 5.41) is 6.44. The van der Waals surface area contributed by atoms with Gasteiger partial charge in [-0.15, -0.1) is 0 Å². The second-order valence-electron chi connectivity index (χ2n) is 5.20. The number of carbonyl (C=O) groups is 1. The molecule has 2 aromatic rings. The number of nitrogens with zero attached hydrogens (tertiary/aromatic N) is 2. The summed E-state index contributed by atoms with van der Waals surface area (Å²) in [6.07, 6.45) is 4.69. The van der Waals surface area contributed by atoms with Gasteiger partial charge in [0.05, 0.1) is 12.8 Å². The van der Waals surface area contributed by atoms with E-state index < -0.39 is 0 Å². The number of rotatable bonds is 8. The molecule has 0 saturated carbocycles. The molecule has 2 N–H and O–H groups in total. The van der Waals surface area contributed by atoms with E-state index in [2.05, 4.69) is 27.5 Å². The third kappa shape index (κ3) is 5.09. The highest BCUT2D eigenvalue weighted by molar-refractivity contribution is 6.31. The van der Waals surface area contributed by atoms with Crippen molar-refractivity contribution in [1.82, 2.24) is 15.3 Å². The molecule has 0 bridgehead atoms. The lowest BCUT2D eigenvalue weighted by molar-refractivity contribution is 0.0948. The molecule has 1 aromatic heterocycles. The van der Waals surface area contributed by atoms with E-state index in [4.69, 9.17) is 16.3 Å². The van der Waals surface area contributed by atoms with E-state index in [-0.39, 0.29) is 5.91 Å². The van der Waals surface area contributed by atoms with Crippen molar-refractivity contribution < 1.29 is 9.53 Å². The topological polar surface area (TPSA) is 76.1 Å². The molecule has 0 fully saturated rings. The van der Waals surface area contributed by atoms with Gasteiger partial charge in [0.15, 0.2) is 0 Å². The molecule has 7 heteroatoms. The number of anilines is 2. The minimum Gasteiger partial charge on any atom is -0.495 e. The number of nitrogens with one attached hydrogen (secondary N) is 2. The molecule has 2 rings (SSSR count). The Morgan fingerprint density at radius 3 is 2.88 bits per heavy atom. The minimum absolute atomic E-state index is 0.213. The van der Waals surface area contributed by atoms with E-state index in [1.807, 2.05) is 0 Å². The Kier molecular flexibility index (Phi) is 6.81. The maximum Gasteiger partial charge on any atom is 0.270 e. The number of unbranched alkanes of at least 4 members (excludes halogenated alkanes) is 2. The van der Waals surface area contributed by atoms with Gasteiger partial charge in [-0.05, 0) is 30.7 Å². The Balaban J connectivity index is 2.07. The molecule has 0 aliphatic rings. The standard InChI is InChI=1S/C17H21ClN4O2/c1-3-4-5-9-19-16(23)13-8-10-20-17(21-13)22-14-11-12(18)6-7-15(14)24-2/h6-8,10-11H,3-5,9H2,1-2H3,(H,19,23)(H,20,21,22). The average molecular weight is 349 g/mol. The maximum atomic E-state index is 12.1. The van der Waals surface area contributed by atoms with Gasteiger partial charge in [-0.1, -0.05) is 31.4 Å². The van der Waals surface area contributed by atoms with Gasteiger partial charge in [0.2, 0.25) is 5.95 Å². The van der Waals surface area contributed by atoms with Gasteiger partial charge >= 0.3 is 0 Å². The molecule has 0 radical (unpaired) electrons. The van der Waals surface area contributed by atoms with Gasteiger partial charge in [0.1, 0.15) is 11.4 Å². The third-order valence-corrected chi connectivity index (χ3v) is 3.60. The number of carbonyl (C=O) groups excluding carboxylic acids is 1. The van der Waals surface area contributed by atoms with Crippen molar-refractivity contribution in [1.29, 1.82) is 0 Å². The Morgan fingerprint density at radius 1 is 1.29 bits per heavy atom. The number of hydrogen-bond donors (Lipinski definition) is 2. The Bertz CT molecular complexity index is 694. The molecule has 0 saturated heterocycles. The van der Waals surface area contributed by atoms with Crippen molar-refractivity contribution in [3.8, 4) is 5.75 Å². The summed E-state index contributed by atoms with van der Waals surface area (Å²) in [5.41, 5.74) is 0.940. The first-order chi connectivity index (χ1) is 11.6. The van der Waals surface area contributed by atoms with Crippen LogP contribution < -0.4 is 15.4 Å². The highest BCUT2D eigenvalue weighted by Gasteiger charge is 2.10. The first-order valence-corrected chi connectivity index (χ1v) is 8.23. The summed E-state index contributed by atoms with van der Waals surface area (Å²) in [6, 6.07) is 6.76. The molecule has 1 aromatic carbocycles. The SMILES string of the molecule is CCCCCNC(=O)c1ccnc(Nc2cc(Cl)ccc2OC)n1. The van der Waals surface area contributed by atoms with Gasteiger partial charge in [-0.2, -0.15) is 0 Å². The van der Waals surface area contributed by atoms with Crippen LogP contribution in [-0.2, 0) is 0 Å². The first-order valence-electron chi connectivity index (χ1n) is 7.86. The second kappa shape index (κ2) is 9.08. The van der Waals surface area contributed by atoms with Crippen LogP contribution in [0.2, 0.25) is 5.02 Å². The van der Waals surface area contributed by atoms with Crippen molar-refractivity contribution in [2.24, 2.45) is 0 Å². The number of halogens is 1. The van der Waals surface area contributed by atoms with Crippen LogP contribution in [0.25, 0.3) is 0 Å². The normalized spacial score (nSPS) is 10.3. The van der Waals surface area contributed by atoms with E-state index in [1.54, 1.807) is 31.4 Å². The van der Waals surface area contributed by atoms with Crippen molar-refractivity contribution in [3.05, 3.63) is 41.2 Å². The highest BCUT2D eigenvalue weighted by atomic mass is 35.5. The van der Waals surface area contributed by atoms with Crippen LogP contribution >= 0.6 is 11.6 Å². The Labute approximate surface area is 146 Å². The molecular weight excluding hydrogens is 328 g/mol. The van der Waals surface area contributed by atoms with Crippen LogP contribution in [0.3, 0.4) is 0 Å². The zero-order valence-corrected chi connectivity index (χ0v) is 14.6. The molecule has 128 valence electrons. The number of amides is 1. The second-order valence-corrected chi connectivity index (χ2v) is 5.63. The summed E-state index contributed by atoms with van der Waals surface area (Å²) in [5.74, 6) is 0.698. The summed E-state index contributed by atoms with van der Waals surface area (Å²) in [6.45, 7) is 2.76. The first kappa shape index (κ1) is 18.0. The Morgan fingerprint density at radius 2 is 2.12 bits per heavy atom. The largest absolute Gasteiger partial charge is 0.495 e. The summed E-state index contributed by atoms with van der Waals surface area (Å²) >= 11 is 6.00. The number of benzene rings is 1. The quantitative estimate of drug-likeness (QED) is 0.709. The van der Waals surface area contributed by atoms with Crippen LogP contribution in [0.1, 0.15) is 36.7 Å². The molecule has 1 heterocycles. The monoisotopic (exact) mass is 348 g/mol. The van der Waals surface area contributed by atoms with Crippen LogP contribution in [0.4, 0.5) is 11.6 Å². The predicted octanol–water partition coefficient (Wildman–Crippen LogP) is 3.80. The van der Waals surface area contributed by atoms with Crippen LogP contribution in [-0.4, -0.2) is 29.5 Å². The fourth-order valence-corrected chi connectivity index (χ4v) is 2.28. The van der Waals surface area contributed by atoms with E-state index in [1.165, 1.54) is 6.20 Å². The number of ether oxygens (including phenoxy) is 1. The van der Waals surface area contributed by atoms with E-state index in [9.17, 15) is 4.79 Å². The van der Waals surface area contributed by atoms with Crippen molar-refractivity contribution in [2.75, 3.05) is 19.0 Å². The molecule has 0 atom stereocenters. The Hall–Kier alpha value is -2.34. The molecule has 0 aliphatic heterocycles. The molecule has 0 unspecified atom stereocenters. The summed E-state index contributed by atoms with van der Waals surface area (Å²) in [7, 11) is 1.56. The molecule has 0 spiro atoms. The lowest BCUT2D eigenvalue weighted by atomic mass is 10.2. The lowest BCUT2D eigenvalue weighted by Gasteiger charge is -2.11. The van der Waals surface area contributed by atoms with Gasteiger partial charge < -0.3 is 15.4 Å². The highest BCUT2D eigenvalue weighted by Crippen LogP contribution is 2.29. The third-order valence-electron chi connectivity index (χ3n) is 3.36. The molecular formula is C17H21ClN4O2. The summed E-state index contributed by atoms with van der Waals surface area (Å²) < 4.78 is 5.27. The van der Waals surface area contributed by atoms with Crippen LogP contribution in [0.5, 0.6) is 5.75 Å². The molecule has 6 nitrogen and oxygen atoms in total. The number of hydrogen-bond acceptors (Lipinski definition) is 5. The number of methoxy groups -OCH3 is 1. The predicted molar refractivity (Wildman–Crippen MR) is 95.2 cm³/mol. The smallest absolute Gasteiger partial charge is 0.270 e. The minimum atomic E-state index is -0.213.